The van der Waals surface area contributed by atoms with Gasteiger partial charge in [0, 0.05) is 42.7 Å². The lowest BCUT2D eigenvalue weighted by Gasteiger charge is -2.37. The Morgan fingerprint density at radius 2 is 2.13 bits per heavy atom. The van der Waals surface area contributed by atoms with Crippen molar-refractivity contribution in [3.05, 3.63) is 28.3 Å². The summed E-state index contributed by atoms with van der Waals surface area (Å²) in [5.74, 6) is 1.07. The second-order valence-corrected chi connectivity index (χ2v) is 7.15. The molecule has 1 aromatic carbocycles. The van der Waals surface area contributed by atoms with E-state index in [1.165, 1.54) is 24.0 Å². The molecule has 0 aliphatic carbocycles. The third kappa shape index (κ3) is 4.18. The van der Waals surface area contributed by atoms with E-state index >= 15 is 0 Å². The Hall–Kier alpha value is -0.810. The molecule has 0 saturated carbocycles. The predicted molar refractivity (Wildman–Crippen MR) is 93.3 cm³/mol. The Labute approximate surface area is 144 Å². The molecular formula is C18H27ClN2O2. The molecule has 0 bridgehead atoms. The fourth-order valence-electron chi connectivity index (χ4n) is 3.73. The van der Waals surface area contributed by atoms with E-state index in [1.54, 1.807) is 0 Å². The Bertz CT molecular complexity index is 530. The Morgan fingerprint density at radius 1 is 1.35 bits per heavy atom. The van der Waals surface area contributed by atoms with Crippen LogP contribution in [-0.4, -0.2) is 60.8 Å². The number of aliphatic hydroxyl groups is 1. The molecule has 128 valence electrons. The summed E-state index contributed by atoms with van der Waals surface area (Å²) < 4.78 is 5.81. The summed E-state index contributed by atoms with van der Waals surface area (Å²) in [5.41, 5.74) is 2.49. The largest absolute Gasteiger partial charge is 0.493 e. The standard InChI is InChI=1S/C18H27ClN2O2/c1-20(6-2-9-22)17-3-7-21(8-4-17)13-15-12-16(19)11-14-5-10-23-18(14)15/h11-12,17,22H,2-10,13H2,1H3. The maximum Gasteiger partial charge on any atom is 0.127 e. The summed E-state index contributed by atoms with van der Waals surface area (Å²) in [6.45, 7) is 5.18. The van der Waals surface area contributed by atoms with E-state index in [9.17, 15) is 0 Å². The van der Waals surface area contributed by atoms with Gasteiger partial charge in [0.05, 0.1) is 6.61 Å². The maximum absolute atomic E-state index is 8.96. The summed E-state index contributed by atoms with van der Waals surface area (Å²) in [4.78, 5) is 4.90. The number of piperidine rings is 1. The van der Waals surface area contributed by atoms with Gasteiger partial charge in [-0.2, -0.15) is 0 Å². The highest BCUT2D eigenvalue weighted by Crippen LogP contribution is 2.34. The van der Waals surface area contributed by atoms with Gasteiger partial charge in [-0.15, -0.1) is 0 Å². The zero-order valence-corrected chi connectivity index (χ0v) is 14.7. The van der Waals surface area contributed by atoms with E-state index < -0.39 is 0 Å². The van der Waals surface area contributed by atoms with Crippen molar-refractivity contribution in [2.45, 2.75) is 38.3 Å². The van der Waals surface area contributed by atoms with Crippen LogP contribution in [0.5, 0.6) is 5.75 Å². The lowest BCUT2D eigenvalue weighted by molar-refractivity contribution is 0.117. The number of hydrogen-bond acceptors (Lipinski definition) is 4. The molecular weight excluding hydrogens is 312 g/mol. The highest BCUT2D eigenvalue weighted by molar-refractivity contribution is 6.30. The van der Waals surface area contributed by atoms with Crippen molar-refractivity contribution in [2.75, 3.05) is 39.9 Å². The lowest BCUT2D eigenvalue weighted by Crippen LogP contribution is -2.43. The molecule has 1 N–H and O–H groups in total. The summed E-state index contributed by atoms with van der Waals surface area (Å²) in [6.07, 6.45) is 4.21. The van der Waals surface area contributed by atoms with Gasteiger partial charge in [-0.05, 0) is 57.1 Å². The van der Waals surface area contributed by atoms with Crippen LogP contribution in [0.4, 0.5) is 0 Å². The van der Waals surface area contributed by atoms with E-state index in [0.29, 0.717) is 6.04 Å². The minimum absolute atomic E-state index is 0.281. The summed E-state index contributed by atoms with van der Waals surface area (Å²) in [5, 5.41) is 9.78. The molecule has 0 amide bonds. The smallest absolute Gasteiger partial charge is 0.127 e. The Balaban J connectivity index is 1.55. The SMILES string of the molecule is CN(CCCO)C1CCN(Cc2cc(Cl)cc3c2OCC3)CC1. The number of likely N-dealkylation sites (tertiary alicyclic amines) is 1. The van der Waals surface area contributed by atoms with Crippen LogP contribution < -0.4 is 4.74 Å². The van der Waals surface area contributed by atoms with Crippen molar-refractivity contribution in [1.82, 2.24) is 9.80 Å². The minimum atomic E-state index is 0.281. The second-order valence-electron chi connectivity index (χ2n) is 6.72. The van der Waals surface area contributed by atoms with Crippen molar-refractivity contribution in [2.24, 2.45) is 0 Å². The predicted octanol–water partition coefficient (Wildman–Crippen LogP) is 2.55. The van der Waals surface area contributed by atoms with Gasteiger partial charge in [-0.25, -0.2) is 0 Å². The average Bonchev–Trinajstić information content (AvgIpc) is 3.01. The number of fused-ring (bicyclic) bond motifs is 1. The first-order valence-electron chi connectivity index (χ1n) is 8.65. The van der Waals surface area contributed by atoms with E-state index in [2.05, 4.69) is 22.9 Å². The van der Waals surface area contributed by atoms with Crippen LogP contribution >= 0.6 is 11.6 Å². The van der Waals surface area contributed by atoms with Crippen molar-refractivity contribution in [3.63, 3.8) is 0 Å². The number of ether oxygens (including phenoxy) is 1. The van der Waals surface area contributed by atoms with Crippen LogP contribution in [0, 0.1) is 0 Å². The number of nitrogens with zero attached hydrogens (tertiary/aromatic N) is 2. The molecule has 2 aliphatic rings. The fourth-order valence-corrected chi connectivity index (χ4v) is 3.99. The second kappa shape index (κ2) is 7.84. The normalized spacial score (nSPS) is 19.1. The number of rotatable bonds is 6. The van der Waals surface area contributed by atoms with Gasteiger partial charge in [0.1, 0.15) is 5.75 Å². The molecule has 2 aliphatic heterocycles. The zero-order valence-electron chi connectivity index (χ0n) is 13.9. The number of aliphatic hydroxyl groups excluding tert-OH is 1. The van der Waals surface area contributed by atoms with E-state index in [4.69, 9.17) is 21.4 Å². The zero-order chi connectivity index (χ0) is 16.2. The van der Waals surface area contributed by atoms with Crippen molar-refractivity contribution in [3.8, 4) is 5.75 Å². The average molecular weight is 339 g/mol. The molecule has 0 spiro atoms. The first-order valence-corrected chi connectivity index (χ1v) is 9.02. The van der Waals surface area contributed by atoms with Crippen LogP contribution in [0.3, 0.4) is 0 Å². The summed E-state index contributed by atoms with van der Waals surface area (Å²) in [6, 6.07) is 4.74. The van der Waals surface area contributed by atoms with Gasteiger partial charge in [0.15, 0.2) is 0 Å². The quantitative estimate of drug-likeness (QED) is 0.864. The van der Waals surface area contributed by atoms with Gasteiger partial charge in [-0.3, -0.25) is 4.90 Å². The molecule has 5 heteroatoms. The topological polar surface area (TPSA) is 35.9 Å². The molecule has 0 atom stereocenters. The molecule has 1 aromatic rings. The Morgan fingerprint density at radius 3 is 2.87 bits per heavy atom. The molecule has 2 heterocycles. The van der Waals surface area contributed by atoms with Crippen LogP contribution in [-0.2, 0) is 13.0 Å². The summed E-state index contributed by atoms with van der Waals surface area (Å²) in [7, 11) is 2.17. The van der Waals surface area contributed by atoms with E-state index in [1.807, 2.05) is 6.07 Å². The van der Waals surface area contributed by atoms with E-state index in [-0.39, 0.29) is 6.61 Å². The van der Waals surface area contributed by atoms with Crippen LogP contribution in [0.1, 0.15) is 30.4 Å². The fraction of sp³-hybridized carbons (Fsp3) is 0.667. The highest BCUT2D eigenvalue weighted by Gasteiger charge is 2.24. The van der Waals surface area contributed by atoms with Crippen molar-refractivity contribution < 1.29 is 9.84 Å². The first kappa shape index (κ1) is 17.0. The number of halogens is 1. The first-order chi connectivity index (χ1) is 11.2. The third-order valence-electron chi connectivity index (χ3n) is 5.07. The lowest BCUT2D eigenvalue weighted by atomic mass is 10.0. The molecule has 0 unspecified atom stereocenters. The molecule has 1 fully saturated rings. The molecule has 0 aromatic heterocycles. The highest BCUT2D eigenvalue weighted by atomic mass is 35.5. The van der Waals surface area contributed by atoms with Crippen LogP contribution in [0.15, 0.2) is 12.1 Å². The van der Waals surface area contributed by atoms with E-state index in [0.717, 1.165) is 56.4 Å². The van der Waals surface area contributed by atoms with Crippen molar-refractivity contribution >= 4 is 11.6 Å². The third-order valence-corrected chi connectivity index (χ3v) is 5.29. The molecule has 0 radical (unpaired) electrons. The maximum atomic E-state index is 8.96. The van der Waals surface area contributed by atoms with Gasteiger partial charge < -0.3 is 14.7 Å². The van der Waals surface area contributed by atoms with Gasteiger partial charge >= 0.3 is 0 Å². The van der Waals surface area contributed by atoms with Crippen LogP contribution in [0.25, 0.3) is 0 Å². The van der Waals surface area contributed by atoms with Crippen LogP contribution in [0.2, 0.25) is 5.02 Å². The summed E-state index contributed by atoms with van der Waals surface area (Å²) >= 11 is 6.26. The minimum Gasteiger partial charge on any atom is -0.493 e. The van der Waals surface area contributed by atoms with Gasteiger partial charge in [0.25, 0.3) is 0 Å². The number of benzene rings is 1. The molecule has 3 rings (SSSR count). The van der Waals surface area contributed by atoms with Gasteiger partial charge in [-0.1, -0.05) is 11.6 Å². The molecule has 23 heavy (non-hydrogen) atoms. The van der Waals surface area contributed by atoms with Crippen molar-refractivity contribution in [1.29, 1.82) is 0 Å². The monoisotopic (exact) mass is 338 g/mol. The Kier molecular flexibility index (Phi) is 5.81. The van der Waals surface area contributed by atoms with Gasteiger partial charge in [0.2, 0.25) is 0 Å². The number of hydrogen-bond donors (Lipinski definition) is 1. The molecule has 4 nitrogen and oxygen atoms in total. The molecule has 1 saturated heterocycles.